The van der Waals surface area contributed by atoms with Gasteiger partial charge >= 0.3 is 0 Å². The smallest absolute Gasteiger partial charge is 0.190 e. The quantitative estimate of drug-likeness (QED) is 0.572. The minimum absolute atomic E-state index is 0.0143. The molecule has 0 aromatic carbocycles. The number of aliphatic hydroxyl groups excluding tert-OH is 2. The van der Waals surface area contributed by atoms with E-state index in [4.69, 9.17) is 0 Å². The molecule has 0 radical (unpaired) electrons. The van der Waals surface area contributed by atoms with Crippen molar-refractivity contribution < 1.29 is 24.9 Å². The zero-order valence-electron chi connectivity index (χ0n) is 15.7. The predicted octanol–water partition coefficient (Wildman–Crippen LogP) is 1.93. The van der Waals surface area contributed by atoms with Gasteiger partial charge < -0.3 is 15.3 Å². The van der Waals surface area contributed by atoms with Crippen molar-refractivity contribution in [2.45, 2.75) is 56.1 Å². The highest BCUT2D eigenvalue weighted by atomic mass is 79.9. The van der Waals surface area contributed by atoms with Crippen LogP contribution in [-0.4, -0.2) is 50.0 Å². The second-order valence-electron chi connectivity index (χ2n) is 9.29. The van der Waals surface area contributed by atoms with Crippen LogP contribution in [0.25, 0.3) is 0 Å². The molecule has 3 N–H and O–H groups in total. The van der Waals surface area contributed by atoms with Crippen molar-refractivity contribution in [3.8, 4) is 0 Å². The first-order chi connectivity index (χ1) is 12.6. The maximum Gasteiger partial charge on any atom is 0.190 e. The summed E-state index contributed by atoms with van der Waals surface area (Å²) in [6, 6.07) is 0. The molecule has 27 heavy (non-hydrogen) atoms. The molecular formula is C21H27BrO5. The third-order valence-corrected chi connectivity index (χ3v) is 9.17. The summed E-state index contributed by atoms with van der Waals surface area (Å²) in [5, 5.41) is 31.9. The van der Waals surface area contributed by atoms with E-state index in [1.54, 1.807) is 12.2 Å². The van der Waals surface area contributed by atoms with E-state index in [1.165, 1.54) is 0 Å². The van der Waals surface area contributed by atoms with E-state index in [0.717, 1.165) is 5.57 Å². The van der Waals surface area contributed by atoms with Crippen molar-refractivity contribution in [1.82, 2.24) is 0 Å². The summed E-state index contributed by atoms with van der Waals surface area (Å²) in [5.41, 5.74) is -1.72. The topological polar surface area (TPSA) is 94.8 Å². The standard InChI is InChI=1S/C21H27BrO5/c1-19-5-3-12(24)7-11(19)8-14(22)17-13-4-6-21(27,16(26)10-23)20(13,2)9-15(25)18(17)19/h3,5,7,13-15,17-18,23,25,27H,4,6,8-10H2,1-2H3/t13-,14+,15-,17+,18-,19-,20-,21-/m0/s1. The lowest BCUT2D eigenvalue weighted by atomic mass is 9.46. The average molecular weight is 439 g/mol. The number of carbonyl (C=O) groups excluding carboxylic acids is 2. The number of aliphatic hydroxyl groups is 3. The monoisotopic (exact) mass is 438 g/mol. The maximum absolute atomic E-state index is 12.4. The van der Waals surface area contributed by atoms with Crippen molar-refractivity contribution in [1.29, 1.82) is 0 Å². The second-order valence-corrected chi connectivity index (χ2v) is 10.5. The molecule has 0 amide bonds. The molecule has 4 rings (SSSR count). The summed E-state index contributed by atoms with van der Waals surface area (Å²) >= 11 is 3.81. The van der Waals surface area contributed by atoms with E-state index in [1.807, 2.05) is 13.0 Å². The fourth-order valence-electron chi connectivity index (χ4n) is 6.83. The molecule has 0 saturated heterocycles. The Labute approximate surface area is 167 Å². The summed E-state index contributed by atoms with van der Waals surface area (Å²) in [4.78, 5) is 24.4. The number of ketones is 2. The first-order valence-corrected chi connectivity index (χ1v) is 10.6. The number of rotatable bonds is 2. The molecule has 8 atom stereocenters. The predicted molar refractivity (Wildman–Crippen MR) is 103 cm³/mol. The molecule has 4 aliphatic carbocycles. The Kier molecular flexibility index (Phi) is 4.39. The fourth-order valence-corrected chi connectivity index (χ4v) is 7.88. The summed E-state index contributed by atoms with van der Waals surface area (Å²) in [7, 11) is 0. The van der Waals surface area contributed by atoms with E-state index >= 15 is 0 Å². The van der Waals surface area contributed by atoms with Crippen molar-refractivity contribution in [3.05, 3.63) is 23.8 Å². The highest BCUT2D eigenvalue weighted by molar-refractivity contribution is 9.09. The highest BCUT2D eigenvalue weighted by Crippen LogP contribution is 2.67. The zero-order chi connectivity index (χ0) is 19.8. The Balaban J connectivity index is 1.79. The van der Waals surface area contributed by atoms with Gasteiger partial charge in [0.05, 0.1) is 6.10 Å². The molecule has 0 aromatic rings. The highest BCUT2D eigenvalue weighted by Gasteiger charge is 2.69. The van der Waals surface area contributed by atoms with Gasteiger partial charge in [-0.2, -0.15) is 0 Å². The molecule has 3 saturated carbocycles. The largest absolute Gasteiger partial charge is 0.393 e. The van der Waals surface area contributed by atoms with Gasteiger partial charge in [-0.1, -0.05) is 41.4 Å². The van der Waals surface area contributed by atoms with E-state index in [0.29, 0.717) is 25.7 Å². The zero-order valence-corrected chi connectivity index (χ0v) is 17.3. The normalized spacial score (nSPS) is 51.3. The van der Waals surface area contributed by atoms with Crippen molar-refractivity contribution in [2.75, 3.05) is 6.61 Å². The Hall–Kier alpha value is -0.820. The molecule has 4 aliphatic rings. The Morgan fingerprint density at radius 2 is 2.07 bits per heavy atom. The Morgan fingerprint density at radius 3 is 2.74 bits per heavy atom. The Morgan fingerprint density at radius 1 is 1.37 bits per heavy atom. The van der Waals surface area contributed by atoms with Crippen molar-refractivity contribution in [2.24, 2.45) is 28.6 Å². The number of carbonyl (C=O) groups is 2. The van der Waals surface area contributed by atoms with Crippen molar-refractivity contribution in [3.63, 3.8) is 0 Å². The van der Waals surface area contributed by atoms with Crippen LogP contribution in [0.15, 0.2) is 23.8 Å². The van der Waals surface area contributed by atoms with Crippen LogP contribution >= 0.6 is 15.9 Å². The lowest BCUT2D eigenvalue weighted by Gasteiger charge is -2.60. The number of hydrogen-bond acceptors (Lipinski definition) is 5. The lowest BCUT2D eigenvalue weighted by molar-refractivity contribution is -0.177. The Bertz CT molecular complexity index is 760. The SMILES string of the molecule is C[C@]12C=CC(=O)C=C1C[C@@H](Br)[C@@H]1[C@@H]2[C@@H](O)C[C@@]2(C)[C@H]1CC[C@]2(O)C(=O)CO. The molecule has 0 spiro atoms. The first-order valence-electron chi connectivity index (χ1n) is 9.71. The van der Waals surface area contributed by atoms with Crippen LogP contribution in [0.1, 0.15) is 39.5 Å². The van der Waals surface area contributed by atoms with Gasteiger partial charge in [0.25, 0.3) is 0 Å². The maximum atomic E-state index is 12.4. The van der Waals surface area contributed by atoms with Gasteiger partial charge in [-0.3, -0.25) is 9.59 Å². The fraction of sp³-hybridized carbons (Fsp3) is 0.714. The number of allylic oxidation sites excluding steroid dienone is 4. The second kappa shape index (κ2) is 6.09. The van der Waals surface area contributed by atoms with Crippen LogP contribution in [0.5, 0.6) is 0 Å². The van der Waals surface area contributed by atoms with Crippen LogP contribution < -0.4 is 0 Å². The van der Waals surface area contributed by atoms with E-state index in [9.17, 15) is 24.9 Å². The molecule has 0 aliphatic heterocycles. The van der Waals surface area contributed by atoms with E-state index in [-0.39, 0.29) is 28.4 Å². The molecule has 6 heteroatoms. The number of alkyl halides is 1. The van der Waals surface area contributed by atoms with Crippen LogP contribution in [-0.2, 0) is 9.59 Å². The van der Waals surface area contributed by atoms with Gasteiger partial charge in [-0.15, -0.1) is 0 Å². The number of halogens is 1. The van der Waals surface area contributed by atoms with Gasteiger partial charge in [-0.25, -0.2) is 0 Å². The minimum Gasteiger partial charge on any atom is -0.393 e. The van der Waals surface area contributed by atoms with Crippen LogP contribution in [0, 0.1) is 28.6 Å². The van der Waals surface area contributed by atoms with Gasteiger partial charge in [0.1, 0.15) is 12.2 Å². The molecule has 0 aromatic heterocycles. The van der Waals surface area contributed by atoms with Gasteiger partial charge in [0, 0.05) is 21.6 Å². The molecule has 148 valence electrons. The molecule has 5 nitrogen and oxygen atoms in total. The van der Waals surface area contributed by atoms with E-state index < -0.39 is 34.9 Å². The average Bonchev–Trinajstić information content (AvgIpc) is 2.87. The molecular weight excluding hydrogens is 412 g/mol. The number of Topliss-reactive ketones (excluding diaryl/α,β-unsaturated/α-hetero) is 1. The van der Waals surface area contributed by atoms with Gasteiger partial charge in [-0.05, 0) is 49.7 Å². The number of fused-ring (bicyclic) bond motifs is 5. The molecule has 0 heterocycles. The number of hydrogen-bond donors (Lipinski definition) is 3. The van der Waals surface area contributed by atoms with Gasteiger partial charge in [0.2, 0.25) is 0 Å². The summed E-state index contributed by atoms with van der Waals surface area (Å²) in [6.45, 7) is 3.30. The summed E-state index contributed by atoms with van der Waals surface area (Å²) in [6.07, 6.45) is 6.54. The van der Waals surface area contributed by atoms with Crippen LogP contribution in [0.4, 0.5) is 0 Å². The third kappa shape index (κ3) is 2.39. The van der Waals surface area contributed by atoms with Gasteiger partial charge in [0.15, 0.2) is 11.6 Å². The van der Waals surface area contributed by atoms with Crippen LogP contribution in [0.2, 0.25) is 0 Å². The molecule has 0 bridgehead atoms. The minimum atomic E-state index is -1.60. The van der Waals surface area contributed by atoms with Crippen molar-refractivity contribution >= 4 is 27.5 Å². The lowest BCUT2D eigenvalue weighted by Crippen LogP contribution is -2.63. The van der Waals surface area contributed by atoms with E-state index in [2.05, 4.69) is 22.9 Å². The summed E-state index contributed by atoms with van der Waals surface area (Å²) < 4.78 is 0. The van der Waals surface area contributed by atoms with Crippen LogP contribution in [0.3, 0.4) is 0 Å². The molecule has 3 fully saturated rings. The molecule has 0 unspecified atom stereocenters. The first kappa shape index (κ1) is 19.5. The summed E-state index contributed by atoms with van der Waals surface area (Å²) in [5.74, 6) is -0.523. The third-order valence-electron chi connectivity index (χ3n) is 8.24.